The van der Waals surface area contributed by atoms with Crippen LogP contribution in [-0.2, 0) is 4.74 Å². The number of carbonyl (C=O) groups excluding carboxylic acids is 1. The lowest BCUT2D eigenvalue weighted by molar-refractivity contribution is 0.0593. The van der Waals surface area contributed by atoms with Gasteiger partial charge in [0.05, 0.1) is 18.2 Å². The Morgan fingerprint density at radius 2 is 2.12 bits per heavy atom. The van der Waals surface area contributed by atoms with Crippen LogP contribution in [0.5, 0.6) is 0 Å². The van der Waals surface area contributed by atoms with Crippen molar-refractivity contribution in [1.29, 1.82) is 0 Å². The zero-order chi connectivity index (χ0) is 12.8. The summed E-state index contributed by atoms with van der Waals surface area (Å²) >= 11 is 6.26. The van der Waals surface area contributed by atoms with Gasteiger partial charge in [-0.3, -0.25) is 0 Å². The van der Waals surface area contributed by atoms with Gasteiger partial charge in [0.2, 0.25) is 0 Å². The molecule has 1 heterocycles. The van der Waals surface area contributed by atoms with Crippen molar-refractivity contribution < 1.29 is 9.53 Å². The first kappa shape index (κ1) is 14.0. The SMILES string of the molecule is COC(=O)c1cccc(C(Cl)CCC(C)C)n1. The van der Waals surface area contributed by atoms with Crippen LogP contribution in [0.4, 0.5) is 0 Å². The molecule has 0 aliphatic rings. The van der Waals surface area contributed by atoms with Gasteiger partial charge in [-0.15, -0.1) is 11.6 Å². The molecule has 0 aliphatic heterocycles. The van der Waals surface area contributed by atoms with Gasteiger partial charge in [-0.05, 0) is 30.9 Å². The largest absolute Gasteiger partial charge is 0.464 e. The fourth-order valence-corrected chi connectivity index (χ4v) is 1.72. The van der Waals surface area contributed by atoms with E-state index in [9.17, 15) is 4.79 Å². The third kappa shape index (κ3) is 4.35. The second-order valence-corrected chi connectivity index (χ2v) is 4.90. The molecule has 0 bridgehead atoms. The van der Waals surface area contributed by atoms with Crippen molar-refractivity contribution in [3.05, 3.63) is 29.6 Å². The number of esters is 1. The minimum Gasteiger partial charge on any atom is -0.464 e. The predicted molar refractivity (Wildman–Crippen MR) is 68.2 cm³/mol. The molecule has 0 radical (unpaired) electrons. The van der Waals surface area contributed by atoms with Crippen LogP contribution in [0.25, 0.3) is 0 Å². The smallest absolute Gasteiger partial charge is 0.356 e. The number of carbonyl (C=O) groups is 1. The first-order valence-electron chi connectivity index (χ1n) is 5.74. The summed E-state index contributed by atoms with van der Waals surface area (Å²) in [6.07, 6.45) is 1.90. The lowest BCUT2D eigenvalue weighted by atomic mass is 10.0. The van der Waals surface area contributed by atoms with Crippen molar-refractivity contribution >= 4 is 17.6 Å². The van der Waals surface area contributed by atoms with Crippen LogP contribution in [0.3, 0.4) is 0 Å². The molecule has 1 rings (SSSR count). The van der Waals surface area contributed by atoms with Crippen molar-refractivity contribution in [3.63, 3.8) is 0 Å². The highest BCUT2D eigenvalue weighted by molar-refractivity contribution is 6.20. The van der Waals surface area contributed by atoms with E-state index in [-0.39, 0.29) is 5.38 Å². The Hall–Kier alpha value is -1.09. The Balaban J connectivity index is 2.73. The zero-order valence-electron chi connectivity index (χ0n) is 10.4. The van der Waals surface area contributed by atoms with Crippen LogP contribution in [0.2, 0.25) is 0 Å². The Morgan fingerprint density at radius 1 is 1.41 bits per heavy atom. The van der Waals surface area contributed by atoms with Gasteiger partial charge in [0, 0.05) is 0 Å². The number of aromatic nitrogens is 1. The second-order valence-electron chi connectivity index (χ2n) is 4.38. The van der Waals surface area contributed by atoms with Gasteiger partial charge < -0.3 is 4.74 Å². The van der Waals surface area contributed by atoms with E-state index in [1.165, 1.54) is 7.11 Å². The third-order valence-electron chi connectivity index (χ3n) is 2.48. The topological polar surface area (TPSA) is 39.2 Å². The molecule has 0 saturated carbocycles. The Bertz CT molecular complexity index is 379. The fraction of sp³-hybridized carbons (Fsp3) is 0.538. The Morgan fingerprint density at radius 3 is 2.71 bits per heavy atom. The van der Waals surface area contributed by atoms with E-state index in [0.717, 1.165) is 18.5 Å². The van der Waals surface area contributed by atoms with Gasteiger partial charge in [-0.25, -0.2) is 9.78 Å². The quantitative estimate of drug-likeness (QED) is 0.596. The van der Waals surface area contributed by atoms with Gasteiger partial charge in [-0.1, -0.05) is 19.9 Å². The summed E-state index contributed by atoms with van der Waals surface area (Å²) in [6.45, 7) is 4.31. The highest BCUT2D eigenvalue weighted by Crippen LogP contribution is 2.25. The van der Waals surface area contributed by atoms with E-state index in [0.29, 0.717) is 11.6 Å². The summed E-state index contributed by atoms with van der Waals surface area (Å²) in [6, 6.07) is 5.24. The van der Waals surface area contributed by atoms with Gasteiger partial charge in [0.15, 0.2) is 0 Å². The number of nitrogens with zero attached hydrogens (tertiary/aromatic N) is 1. The number of halogens is 1. The molecular weight excluding hydrogens is 238 g/mol. The molecule has 0 aromatic carbocycles. The lowest BCUT2D eigenvalue weighted by Crippen LogP contribution is -2.07. The van der Waals surface area contributed by atoms with Crippen LogP contribution in [-0.4, -0.2) is 18.1 Å². The molecule has 0 aliphatic carbocycles. The first-order valence-corrected chi connectivity index (χ1v) is 6.17. The van der Waals surface area contributed by atoms with E-state index in [1.54, 1.807) is 12.1 Å². The lowest BCUT2D eigenvalue weighted by Gasteiger charge is -2.11. The van der Waals surface area contributed by atoms with Crippen molar-refractivity contribution in [1.82, 2.24) is 4.98 Å². The summed E-state index contributed by atoms with van der Waals surface area (Å²) in [5, 5.41) is -0.151. The van der Waals surface area contributed by atoms with Gasteiger partial charge in [-0.2, -0.15) is 0 Å². The molecule has 1 aromatic heterocycles. The van der Waals surface area contributed by atoms with Crippen LogP contribution in [0.1, 0.15) is 48.2 Å². The maximum Gasteiger partial charge on any atom is 0.356 e. The number of ether oxygens (including phenoxy) is 1. The third-order valence-corrected chi connectivity index (χ3v) is 2.93. The summed E-state index contributed by atoms with van der Waals surface area (Å²) in [7, 11) is 1.34. The fourth-order valence-electron chi connectivity index (χ4n) is 1.47. The molecule has 1 unspecified atom stereocenters. The average molecular weight is 256 g/mol. The summed E-state index contributed by atoms with van der Waals surface area (Å²) in [5.41, 5.74) is 1.04. The molecule has 1 atom stereocenters. The maximum absolute atomic E-state index is 11.3. The molecule has 4 heteroatoms. The van der Waals surface area contributed by atoms with Crippen molar-refractivity contribution in [2.45, 2.75) is 32.1 Å². The zero-order valence-corrected chi connectivity index (χ0v) is 11.2. The molecule has 1 aromatic rings. The van der Waals surface area contributed by atoms with Crippen molar-refractivity contribution in [3.8, 4) is 0 Å². The molecule has 17 heavy (non-hydrogen) atoms. The van der Waals surface area contributed by atoms with Crippen molar-refractivity contribution in [2.24, 2.45) is 5.92 Å². The Labute approximate surface area is 107 Å². The number of methoxy groups -OCH3 is 1. The molecule has 0 fully saturated rings. The summed E-state index contributed by atoms with van der Waals surface area (Å²) < 4.78 is 4.62. The monoisotopic (exact) mass is 255 g/mol. The minimum atomic E-state index is -0.431. The highest BCUT2D eigenvalue weighted by atomic mass is 35.5. The highest BCUT2D eigenvalue weighted by Gasteiger charge is 2.13. The van der Waals surface area contributed by atoms with E-state index >= 15 is 0 Å². The molecular formula is C13H18ClNO2. The van der Waals surface area contributed by atoms with Gasteiger partial charge in [0.1, 0.15) is 5.69 Å². The number of hydrogen-bond acceptors (Lipinski definition) is 3. The van der Waals surface area contributed by atoms with E-state index < -0.39 is 5.97 Å². The molecule has 0 amide bonds. The number of hydrogen-bond donors (Lipinski definition) is 0. The standard InChI is InChI=1S/C13H18ClNO2/c1-9(2)7-8-10(14)11-5-4-6-12(15-11)13(16)17-3/h4-6,9-10H,7-8H2,1-3H3. The van der Waals surface area contributed by atoms with E-state index in [4.69, 9.17) is 11.6 Å². The van der Waals surface area contributed by atoms with E-state index in [2.05, 4.69) is 23.6 Å². The second kappa shape index (κ2) is 6.60. The van der Waals surface area contributed by atoms with Crippen LogP contribution in [0, 0.1) is 5.92 Å². The Kier molecular flexibility index (Phi) is 5.42. The van der Waals surface area contributed by atoms with Crippen LogP contribution >= 0.6 is 11.6 Å². The summed E-state index contributed by atoms with van der Waals surface area (Å²) in [5.74, 6) is 0.180. The molecule has 0 N–H and O–H groups in total. The minimum absolute atomic E-state index is 0.151. The van der Waals surface area contributed by atoms with Crippen molar-refractivity contribution in [2.75, 3.05) is 7.11 Å². The first-order chi connectivity index (χ1) is 8.04. The molecule has 0 spiro atoms. The van der Waals surface area contributed by atoms with Crippen LogP contribution in [0.15, 0.2) is 18.2 Å². The number of alkyl halides is 1. The normalized spacial score (nSPS) is 12.5. The predicted octanol–water partition coefficient (Wildman–Crippen LogP) is 3.58. The maximum atomic E-state index is 11.3. The molecule has 94 valence electrons. The number of pyridine rings is 1. The average Bonchev–Trinajstić information content (AvgIpc) is 2.35. The molecule has 0 saturated heterocycles. The van der Waals surface area contributed by atoms with Gasteiger partial charge >= 0.3 is 5.97 Å². The number of rotatable bonds is 5. The van der Waals surface area contributed by atoms with E-state index in [1.807, 2.05) is 6.07 Å². The molecule has 3 nitrogen and oxygen atoms in total. The summed E-state index contributed by atoms with van der Waals surface area (Å²) in [4.78, 5) is 15.5. The van der Waals surface area contributed by atoms with Gasteiger partial charge in [0.25, 0.3) is 0 Å². The van der Waals surface area contributed by atoms with Crippen LogP contribution < -0.4 is 0 Å².